The van der Waals surface area contributed by atoms with Gasteiger partial charge in [0.25, 0.3) is 0 Å². The van der Waals surface area contributed by atoms with E-state index in [1.807, 2.05) is 20.8 Å². The van der Waals surface area contributed by atoms with Crippen molar-refractivity contribution in [2.75, 3.05) is 13.1 Å². The van der Waals surface area contributed by atoms with Gasteiger partial charge in [-0.2, -0.15) is 0 Å². The van der Waals surface area contributed by atoms with Crippen LogP contribution in [-0.2, 0) is 17.7 Å². The van der Waals surface area contributed by atoms with Gasteiger partial charge in [0.2, 0.25) is 0 Å². The Bertz CT molecular complexity index is 465. The van der Waals surface area contributed by atoms with Gasteiger partial charge in [-0.1, -0.05) is 0 Å². The van der Waals surface area contributed by atoms with Crippen molar-refractivity contribution in [3.63, 3.8) is 0 Å². The molecule has 0 saturated carbocycles. The highest BCUT2D eigenvalue weighted by Crippen LogP contribution is 2.24. The Morgan fingerprint density at radius 1 is 1.26 bits per heavy atom. The van der Waals surface area contributed by atoms with Gasteiger partial charge in [-0.3, -0.25) is 0 Å². The lowest BCUT2D eigenvalue weighted by Crippen LogP contribution is -2.38. The molecule has 0 spiro atoms. The van der Waals surface area contributed by atoms with Crippen molar-refractivity contribution in [3.05, 3.63) is 15.0 Å². The number of fused-ring (bicyclic) bond motifs is 1. The first-order chi connectivity index (χ1) is 8.78. The van der Waals surface area contributed by atoms with E-state index in [-0.39, 0.29) is 6.09 Å². The summed E-state index contributed by atoms with van der Waals surface area (Å²) in [6, 6.07) is 0. The predicted molar refractivity (Wildman–Crippen MR) is 79.1 cm³/mol. The molecule has 7 heteroatoms. The van der Waals surface area contributed by atoms with Crippen LogP contribution in [0.25, 0.3) is 0 Å². The standard InChI is InChI=1S/C12H17Br2N3O2/c1-12(2,3)19-11(18)16-5-4-8-9(13)15-10(14)17(8)7-6-16/h4-7H2,1-3H3. The lowest BCUT2D eigenvalue weighted by Gasteiger charge is -2.26. The van der Waals surface area contributed by atoms with E-state index in [2.05, 4.69) is 41.4 Å². The lowest BCUT2D eigenvalue weighted by molar-refractivity contribution is 0.0254. The number of rotatable bonds is 0. The van der Waals surface area contributed by atoms with Crippen molar-refractivity contribution in [2.24, 2.45) is 0 Å². The van der Waals surface area contributed by atoms with E-state index in [1.54, 1.807) is 4.90 Å². The number of ether oxygens (including phenoxy) is 1. The zero-order valence-electron chi connectivity index (χ0n) is 11.2. The zero-order valence-corrected chi connectivity index (χ0v) is 14.4. The van der Waals surface area contributed by atoms with Crippen LogP contribution in [0.1, 0.15) is 26.5 Å². The van der Waals surface area contributed by atoms with Crippen molar-refractivity contribution in [3.8, 4) is 0 Å². The highest BCUT2D eigenvalue weighted by Gasteiger charge is 2.26. The number of halogens is 2. The predicted octanol–water partition coefficient (Wildman–Crippen LogP) is 3.20. The summed E-state index contributed by atoms with van der Waals surface area (Å²) >= 11 is 6.88. The fourth-order valence-corrected chi connectivity index (χ4v) is 3.36. The van der Waals surface area contributed by atoms with Gasteiger partial charge in [-0.05, 0) is 52.6 Å². The molecule has 0 aliphatic carbocycles. The second-order valence-corrected chi connectivity index (χ2v) is 6.95. The largest absolute Gasteiger partial charge is 0.444 e. The molecule has 0 atom stereocenters. The molecule has 1 amide bonds. The number of nitrogens with zero attached hydrogens (tertiary/aromatic N) is 3. The summed E-state index contributed by atoms with van der Waals surface area (Å²) in [6.07, 6.45) is 0.511. The van der Waals surface area contributed by atoms with Gasteiger partial charge < -0.3 is 14.2 Å². The topological polar surface area (TPSA) is 47.4 Å². The van der Waals surface area contributed by atoms with Crippen LogP contribution < -0.4 is 0 Å². The number of amides is 1. The molecule has 1 aromatic heterocycles. The SMILES string of the molecule is CC(C)(C)OC(=O)N1CCc2c(Br)nc(Br)n2CC1. The first-order valence-corrected chi connectivity index (χ1v) is 7.75. The van der Waals surface area contributed by atoms with E-state index in [0.29, 0.717) is 19.6 Å². The maximum atomic E-state index is 12.1. The van der Waals surface area contributed by atoms with E-state index in [4.69, 9.17) is 4.74 Å². The molecule has 0 radical (unpaired) electrons. The maximum absolute atomic E-state index is 12.1. The summed E-state index contributed by atoms with van der Waals surface area (Å²) in [7, 11) is 0. The van der Waals surface area contributed by atoms with Gasteiger partial charge >= 0.3 is 6.09 Å². The molecule has 5 nitrogen and oxygen atoms in total. The third-order valence-corrected chi connectivity index (χ3v) is 4.08. The summed E-state index contributed by atoms with van der Waals surface area (Å²) in [4.78, 5) is 18.1. The monoisotopic (exact) mass is 393 g/mol. The molecule has 0 bridgehead atoms. The van der Waals surface area contributed by atoms with Crippen LogP contribution in [0.4, 0.5) is 4.79 Å². The van der Waals surface area contributed by atoms with Crippen molar-refractivity contribution in [1.82, 2.24) is 14.5 Å². The number of imidazole rings is 1. The number of aromatic nitrogens is 2. The quantitative estimate of drug-likeness (QED) is 0.678. The molecule has 0 fully saturated rings. The van der Waals surface area contributed by atoms with Gasteiger partial charge in [0, 0.05) is 26.1 Å². The Hall–Kier alpha value is -0.560. The maximum Gasteiger partial charge on any atom is 0.410 e. The molecule has 19 heavy (non-hydrogen) atoms. The third-order valence-electron chi connectivity index (χ3n) is 2.84. The Morgan fingerprint density at radius 2 is 1.95 bits per heavy atom. The Morgan fingerprint density at radius 3 is 2.58 bits per heavy atom. The van der Waals surface area contributed by atoms with Gasteiger partial charge in [0.15, 0.2) is 4.73 Å². The van der Waals surface area contributed by atoms with E-state index < -0.39 is 5.60 Å². The average molecular weight is 395 g/mol. The van der Waals surface area contributed by atoms with Gasteiger partial charge in [0.05, 0.1) is 5.69 Å². The normalized spacial score (nSPS) is 15.9. The first kappa shape index (κ1) is 14.8. The molecular formula is C12H17Br2N3O2. The van der Waals surface area contributed by atoms with Gasteiger partial charge in [0.1, 0.15) is 10.2 Å². The van der Waals surface area contributed by atoms with Crippen LogP contribution in [0.3, 0.4) is 0 Å². The molecule has 0 aromatic carbocycles. The number of carbonyl (C=O) groups is 1. The smallest absolute Gasteiger partial charge is 0.410 e. The van der Waals surface area contributed by atoms with Crippen molar-refractivity contribution < 1.29 is 9.53 Å². The van der Waals surface area contributed by atoms with Gasteiger partial charge in [-0.15, -0.1) is 0 Å². The van der Waals surface area contributed by atoms with Crippen molar-refractivity contribution in [2.45, 2.75) is 39.3 Å². The fraction of sp³-hybridized carbons (Fsp3) is 0.667. The summed E-state index contributed by atoms with van der Waals surface area (Å²) < 4.78 is 9.12. The van der Waals surface area contributed by atoms with E-state index in [0.717, 1.165) is 21.5 Å². The third kappa shape index (κ3) is 3.51. The summed E-state index contributed by atoms with van der Waals surface area (Å²) in [6.45, 7) is 7.62. The molecule has 106 valence electrons. The first-order valence-electron chi connectivity index (χ1n) is 6.16. The minimum atomic E-state index is -0.457. The highest BCUT2D eigenvalue weighted by atomic mass is 79.9. The van der Waals surface area contributed by atoms with E-state index in [1.165, 1.54) is 0 Å². The second-order valence-electron chi connectivity index (χ2n) is 5.49. The van der Waals surface area contributed by atoms with Crippen LogP contribution in [0.2, 0.25) is 0 Å². The Balaban J connectivity index is 2.08. The lowest BCUT2D eigenvalue weighted by atomic mass is 10.2. The molecule has 1 aromatic rings. The van der Waals surface area contributed by atoms with Crippen LogP contribution in [0.5, 0.6) is 0 Å². The van der Waals surface area contributed by atoms with Crippen molar-refractivity contribution >= 4 is 38.0 Å². The molecule has 2 rings (SSSR count). The summed E-state index contributed by atoms with van der Waals surface area (Å²) in [5.41, 5.74) is 0.652. The Labute approximate surface area is 129 Å². The molecule has 1 aliphatic rings. The molecule has 0 N–H and O–H groups in total. The minimum absolute atomic E-state index is 0.251. The zero-order chi connectivity index (χ0) is 14.2. The van der Waals surface area contributed by atoms with Crippen LogP contribution in [-0.4, -0.2) is 39.2 Å². The summed E-state index contributed by atoms with van der Waals surface area (Å²) in [5.74, 6) is 0. The number of hydrogen-bond donors (Lipinski definition) is 0. The van der Waals surface area contributed by atoms with E-state index in [9.17, 15) is 4.79 Å². The molecule has 0 saturated heterocycles. The van der Waals surface area contributed by atoms with Crippen LogP contribution in [0, 0.1) is 0 Å². The highest BCUT2D eigenvalue weighted by molar-refractivity contribution is 9.11. The fourth-order valence-electron chi connectivity index (χ4n) is 1.98. The molecule has 2 heterocycles. The van der Waals surface area contributed by atoms with E-state index >= 15 is 0 Å². The van der Waals surface area contributed by atoms with Crippen molar-refractivity contribution in [1.29, 1.82) is 0 Å². The number of hydrogen-bond acceptors (Lipinski definition) is 3. The van der Waals surface area contributed by atoms with Crippen LogP contribution in [0.15, 0.2) is 9.34 Å². The average Bonchev–Trinajstić information content (AvgIpc) is 2.48. The van der Waals surface area contributed by atoms with Gasteiger partial charge in [-0.25, -0.2) is 9.78 Å². The molecule has 0 unspecified atom stereocenters. The summed E-state index contributed by atoms with van der Waals surface area (Å²) in [5, 5.41) is 0. The Kier molecular flexibility index (Phi) is 4.25. The number of carbonyl (C=O) groups excluding carboxylic acids is 1. The molecular weight excluding hydrogens is 378 g/mol. The second kappa shape index (κ2) is 5.44. The molecule has 1 aliphatic heterocycles. The minimum Gasteiger partial charge on any atom is -0.444 e. The van der Waals surface area contributed by atoms with Crippen LogP contribution >= 0.6 is 31.9 Å².